The molecule has 76 valence electrons. The van der Waals surface area contributed by atoms with Gasteiger partial charge in [0.25, 0.3) is 0 Å². The van der Waals surface area contributed by atoms with Gasteiger partial charge in [-0.15, -0.1) is 0 Å². The molecule has 2 N–H and O–H groups in total. The van der Waals surface area contributed by atoms with Crippen LogP contribution in [0.5, 0.6) is 0 Å². The van der Waals surface area contributed by atoms with Crippen molar-refractivity contribution in [2.45, 2.75) is 38.6 Å². The Morgan fingerprint density at radius 1 is 1.29 bits per heavy atom. The third kappa shape index (κ3) is 1.69. The van der Waals surface area contributed by atoms with E-state index in [1.165, 1.54) is 24.0 Å². The maximum atomic E-state index is 6.04. The molecule has 0 saturated heterocycles. The van der Waals surface area contributed by atoms with Crippen LogP contribution in [-0.2, 0) is 0 Å². The Morgan fingerprint density at radius 3 is 2.64 bits per heavy atom. The maximum Gasteiger partial charge on any atom is 0.00705 e. The molecular formula is C13H19N. The van der Waals surface area contributed by atoms with Crippen LogP contribution in [0.4, 0.5) is 0 Å². The molecule has 2 rings (SSSR count). The average Bonchev–Trinajstić information content (AvgIpc) is 2.48. The van der Waals surface area contributed by atoms with Gasteiger partial charge >= 0.3 is 0 Å². The molecule has 1 aliphatic rings. The molecule has 0 aromatic heterocycles. The number of rotatable bonds is 1. The Morgan fingerprint density at radius 2 is 2.07 bits per heavy atom. The Balaban J connectivity index is 2.23. The summed E-state index contributed by atoms with van der Waals surface area (Å²) >= 11 is 0. The van der Waals surface area contributed by atoms with Gasteiger partial charge in [0.2, 0.25) is 0 Å². The molecule has 1 nitrogen and oxygen atoms in total. The Labute approximate surface area is 86.3 Å². The number of hydrogen-bond donors (Lipinski definition) is 1. The van der Waals surface area contributed by atoms with Crippen LogP contribution < -0.4 is 5.73 Å². The normalized spacial score (nSPS) is 32.1. The lowest BCUT2D eigenvalue weighted by molar-refractivity contribution is 0.479. The number of aryl methyl sites for hydroxylation is 1. The zero-order valence-corrected chi connectivity index (χ0v) is 9.03. The molecule has 0 aliphatic heterocycles. The fourth-order valence-corrected chi connectivity index (χ4v) is 2.57. The summed E-state index contributed by atoms with van der Waals surface area (Å²) in [6, 6.07) is 9.26. The predicted molar refractivity (Wildman–Crippen MR) is 60.3 cm³/mol. The molecule has 0 radical (unpaired) electrons. The molecule has 14 heavy (non-hydrogen) atoms. The van der Waals surface area contributed by atoms with Crippen LogP contribution in [-0.4, -0.2) is 6.04 Å². The first-order valence-corrected chi connectivity index (χ1v) is 5.50. The summed E-state index contributed by atoms with van der Waals surface area (Å²) in [6.07, 6.45) is 2.44. The quantitative estimate of drug-likeness (QED) is 0.722. The van der Waals surface area contributed by atoms with Gasteiger partial charge in [0.05, 0.1) is 0 Å². The first-order chi connectivity index (χ1) is 6.68. The maximum absolute atomic E-state index is 6.04. The van der Waals surface area contributed by atoms with Gasteiger partial charge in [0, 0.05) is 6.04 Å². The van der Waals surface area contributed by atoms with E-state index in [4.69, 9.17) is 5.73 Å². The standard InChI is InChI=1S/C13H19N/c1-9-4-3-5-11(8-9)12-6-7-13(14)10(12)2/h3-5,8,10,12-13H,6-7,14H2,1-2H3. The van der Waals surface area contributed by atoms with Gasteiger partial charge in [-0.25, -0.2) is 0 Å². The van der Waals surface area contributed by atoms with Gasteiger partial charge in [-0.1, -0.05) is 36.8 Å². The molecule has 3 atom stereocenters. The van der Waals surface area contributed by atoms with E-state index in [1.807, 2.05) is 0 Å². The molecule has 1 saturated carbocycles. The van der Waals surface area contributed by atoms with E-state index in [2.05, 4.69) is 38.1 Å². The molecular weight excluding hydrogens is 170 g/mol. The molecule has 1 aromatic carbocycles. The fraction of sp³-hybridized carbons (Fsp3) is 0.538. The highest BCUT2D eigenvalue weighted by Crippen LogP contribution is 2.38. The van der Waals surface area contributed by atoms with E-state index >= 15 is 0 Å². The highest BCUT2D eigenvalue weighted by Gasteiger charge is 2.30. The second-order valence-corrected chi connectivity index (χ2v) is 4.62. The van der Waals surface area contributed by atoms with Crippen LogP contribution in [0.15, 0.2) is 24.3 Å². The third-order valence-corrected chi connectivity index (χ3v) is 3.59. The largest absolute Gasteiger partial charge is 0.327 e. The number of hydrogen-bond acceptors (Lipinski definition) is 1. The third-order valence-electron chi connectivity index (χ3n) is 3.59. The van der Waals surface area contributed by atoms with E-state index in [0.29, 0.717) is 17.9 Å². The lowest BCUT2D eigenvalue weighted by Crippen LogP contribution is -2.24. The van der Waals surface area contributed by atoms with Crippen molar-refractivity contribution in [2.24, 2.45) is 11.7 Å². The second kappa shape index (κ2) is 3.74. The van der Waals surface area contributed by atoms with Crippen LogP contribution in [0, 0.1) is 12.8 Å². The first kappa shape index (κ1) is 9.72. The van der Waals surface area contributed by atoms with Crippen LogP contribution >= 0.6 is 0 Å². The van der Waals surface area contributed by atoms with E-state index in [-0.39, 0.29) is 0 Å². The van der Waals surface area contributed by atoms with E-state index < -0.39 is 0 Å². The molecule has 0 spiro atoms. The van der Waals surface area contributed by atoms with E-state index in [0.717, 1.165) is 0 Å². The lowest BCUT2D eigenvalue weighted by atomic mass is 9.88. The summed E-state index contributed by atoms with van der Waals surface area (Å²) in [4.78, 5) is 0. The van der Waals surface area contributed by atoms with Crippen LogP contribution in [0.1, 0.15) is 36.8 Å². The van der Waals surface area contributed by atoms with Crippen LogP contribution in [0.3, 0.4) is 0 Å². The molecule has 3 unspecified atom stereocenters. The predicted octanol–water partition coefficient (Wildman–Crippen LogP) is 2.84. The van der Waals surface area contributed by atoms with Gasteiger partial charge in [-0.2, -0.15) is 0 Å². The van der Waals surface area contributed by atoms with Gasteiger partial charge in [0.15, 0.2) is 0 Å². The minimum atomic E-state index is 0.403. The molecule has 0 heterocycles. The summed E-state index contributed by atoms with van der Waals surface area (Å²) in [6.45, 7) is 4.44. The summed E-state index contributed by atoms with van der Waals surface area (Å²) in [7, 11) is 0. The molecule has 1 fully saturated rings. The monoisotopic (exact) mass is 189 g/mol. The Kier molecular flexibility index (Phi) is 2.60. The molecule has 1 aromatic rings. The van der Waals surface area contributed by atoms with Crippen molar-refractivity contribution in [1.29, 1.82) is 0 Å². The minimum absolute atomic E-state index is 0.403. The Hall–Kier alpha value is -0.820. The van der Waals surface area contributed by atoms with E-state index in [1.54, 1.807) is 0 Å². The van der Waals surface area contributed by atoms with Crippen molar-refractivity contribution in [3.05, 3.63) is 35.4 Å². The first-order valence-electron chi connectivity index (χ1n) is 5.50. The SMILES string of the molecule is Cc1cccc(C2CCC(N)C2C)c1. The average molecular weight is 189 g/mol. The summed E-state index contributed by atoms with van der Waals surface area (Å²) in [5.74, 6) is 1.32. The highest BCUT2D eigenvalue weighted by atomic mass is 14.7. The minimum Gasteiger partial charge on any atom is -0.327 e. The van der Waals surface area contributed by atoms with Gasteiger partial charge in [-0.3, -0.25) is 0 Å². The second-order valence-electron chi connectivity index (χ2n) is 4.62. The zero-order valence-electron chi connectivity index (χ0n) is 9.03. The van der Waals surface area contributed by atoms with Crippen molar-refractivity contribution in [3.63, 3.8) is 0 Å². The van der Waals surface area contributed by atoms with Crippen LogP contribution in [0.2, 0.25) is 0 Å². The van der Waals surface area contributed by atoms with Crippen molar-refractivity contribution in [2.75, 3.05) is 0 Å². The van der Waals surface area contributed by atoms with Gasteiger partial charge in [-0.05, 0) is 37.2 Å². The molecule has 0 amide bonds. The highest BCUT2D eigenvalue weighted by molar-refractivity contribution is 5.27. The van der Waals surface area contributed by atoms with Crippen LogP contribution in [0.25, 0.3) is 0 Å². The topological polar surface area (TPSA) is 26.0 Å². The number of nitrogens with two attached hydrogens (primary N) is 1. The van der Waals surface area contributed by atoms with Crippen molar-refractivity contribution in [3.8, 4) is 0 Å². The Bertz CT molecular complexity index is 319. The van der Waals surface area contributed by atoms with Gasteiger partial charge in [0.1, 0.15) is 0 Å². The summed E-state index contributed by atoms with van der Waals surface area (Å²) in [5, 5.41) is 0. The lowest BCUT2D eigenvalue weighted by Gasteiger charge is -2.18. The van der Waals surface area contributed by atoms with E-state index in [9.17, 15) is 0 Å². The molecule has 1 aliphatic carbocycles. The van der Waals surface area contributed by atoms with Gasteiger partial charge < -0.3 is 5.73 Å². The molecule has 1 heteroatoms. The number of benzene rings is 1. The van der Waals surface area contributed by atoms with Crippen molar-refractivity contribution >= 4 is 0 Å². The zero-order chi connectivity index (χ0) is 10.1. The van der Waals surface area contributed by atoms with Crippen molar-refractivity contribution in [1.82, 2.24) is 0 Å². The smallest absolute Gasteiger partial charge is 0.00705 e. The summed E-state index contributed by atoms with van der Waals surface area (Å²) in [5.41, 5.74) is 8.88. The molecule has 0 bridgehead atoms. The fourth-order valence-electron chi connectivity index (χ4n) is 2.57. The summed E-state index contributed by atoms with van der Waals surface area (Å²) < 4.78 is 0. The van der Waals surface area contributed by atoms with Crippen molar-refractivity contribution < 1.29 is 0 Å².